The summed E-state index contributed by atoms with van der Waals surface area (Å²) in [5.41, 5.74) is 1.21. The van der Waals surface area contributed by atoms with Crippen molar-refractivity contribution >= 4 is 11.9 Å². The van der Waals surface area contributed by atoms with Gasteiger partial charge in [-0.3, -0.25) is 4.79 Å². The van der Waals surface area contributed by atoms with Crippen LogP contribution in [0.15, 0.2) is 30.3 Å². The number of likely N-dealkylation sites (tertiary alicyclic amines) is 1. The number of hydrogen-bond donors (Lipinski definition) is 2. The number of nitrogens with zero attached hydrogens (tertiary/aromatic N) is 1. The summed E-state index contributed by atoms with van der Waals surface area (Å²) in [6.07, 6.45) is 3.27. The molecule has 114 valence electrons. The maximum atomic E-state index is 11.6. The molecule has 0 bridgehead atoms. The predicted molar refractivity (Wildman–Crippen MR) is 82.0 cm³/mol. The zero-order valence-corrected chi connectivity index (χ0v) is 12.3. The molecule has 1 aromatic carbocycles. The van der Waals surface area contributed by atoms with Crippen LogP contribution in [0, 0.1) is 0 Å². The van der Waals surface area contributed by atoms with Crippen LogP contribution in [-0.4, -0.2) is 43.0 Å². The summed E-state index contributed by atoms with van der Waals surface area (Å²) in [6.45, 7) is 2.83. The van der Waals surface area contributed by atoms with Gasteiger partial charge in [-0.2, -0.15) is 0 Å². The van der Waals surface area contributed by atoms with Crippen LogP contribution in [0.4, 0.5) is 4.79 Å². The SMILES string of the molecule is O=C(NCCCN1CCCC1=O)NCCc1ccccc1. The Kier molecular flexibility index (Phi) is 6.06. The molecule has 1 aromatic rings. The maximum Gasteiger partial charge on any atom is 0.314 e. The molecule has 0 spiro atoms. The first-order valence-corrected chi connectivity index (χ1v) is 7.59. The molecule has 2 N–H and O–H groups in total. The Labute approximate surface area is 125 Å². The third kappa shape index (κ3) is 5.45. The van der Waals surface area contributed by atoms with Gasteiger partial charge in [-0.05, 0) is 24.8 Å². The first-order valence-electron chi connectivity index (χ1n) is 7.59. The number of hydrogen-bond acceptors (Lipinski definition) is 2. The summed E-state index contributed by atoms with van der Waals surface area (Å²) in [6, 6.07) is 9.93. The van der Waals surface area contributed by atoms with E-state index in [1.807, 2.05) is 35.2 Å². The van der Waals surface area contributed by atoms with Crippen LogP contribution in [0.25, 0.3) is 0 Å². The molecule has 0 unspecified atom stereocenters. The lowest BCUT2D eigenvalue weighted by Crippen LogP contribution is -2.38. The summed E-state index contributed by atoms with van der Waals surface area (Å²) in [4.78, 5) is 24.9. The Morgan fingerprint density at radius 1 is 1.14 bits per heavy atom. The lowest BCUT2D eigenvalue weighted by Gasteiger charge is -2.15. The van der Waals surface area contributed by atoms with E-state index in [2.05, 4.69) is 10.6 Å². The summed E-state index contributed by atoms with van der Waals surface area (Å²) >= 11 is 0. The van der Waals surface area contributed by atoms with Gasteiger partial charge in [0, 0.05) is 32.6 Å². The third-order valence-electron chi connectivity index (χ3n) is 3.60. The normalized spacial score (nSPS) is 14.3. The van der Waals surface area contributed by atoms with E-state index in [-0.39, 0.29) is 11.9 Å². The number of nitrogens with one attached hydrogen (secondary N) is 2. The van der Waals surface area contributed by atoms with E-state index < -0.39 is 0 Å². The number of carbonyl (C=O) groups is 2. The molecular formula is C16H23N3O2. The fourth-order valence-corrected chi connectivity index (χ4v) is 2.44. The van der Waals surface area contributed by atoms with Crippen molar-refractivity contribution in [3.05, 3.63) is 35.9 Å². The smallest absolute Gasteiger partial charge is 0.314 e. The number of benzene rings is 1. The van der Waals surface area contributed by atoms with E-state index in [0.29, 0.717) is 19.5 Å². The van der Waals surface area contributed by atoms with E-state index in [1.165, 1.54) is 5.56 Å². The Morgan fingerprint density at radius 2 is 1.90 bits per heavy atom. The molecule has 0 aromatic heterocycles. The van der Waals surface area contributed by atoms with E-state index >= 15 is 0 Å². The van der Waals surface area contributed by atoms with Crippen LogP contribution < -0.4 is 10.6 Å². The van der Waals surface area contributed by atoms with Crippen molar-refractivity contribution in [3.63, 3.8) is 0 Å². The highest BCUT2D eigenvalue weighted by atomic mass is 16.2. The number of rotatable bonds is 7. The molecule has 0 saturated carbocycles. The van der Waals surface area contributed by atoms with Crippen molar-refractivity contribution in [2.24, 2.45) is 0 Å². The summed E-state index contributed by atoms with van der Waals surface area (Å²) in [5, 5.41) is 5.66. The van der Waals surface area contributed by atoms with Gasteiger partial charge in [-0.1, -0.05) is 30.3 Å². The third-order valence-corrected chi connectivity index (χ3v) is 3.60. The quantitative estimate of drug-likeness (QED) is 0.748. The van der Waals surface area contributed by atoms with Gasteiger partial charge in [0.1, 0.15) is 0 Å². The Morgan fingerprint density at radius 3 is 2.62 bits per heavy atom. The molecule has 3 amide bonds. The lowest BCUT2D eigenvalue weighted by molar-refractivity contribution is -0.127. The van der Waals surface area contributed by atoms with E-state index in [4.69, 9.17) is 0 Å². The lowest BCUT2D eigenvalue weighted by atomic mass is 10.1. The highest BCUT2D eigenvalue weighted by molar-refractivity contribution is 5.78. The van der Waals surface area contributed by atoms with Crippen molar-refractivity contribution in [1.82, 2.24) is 15.5 Å². The molecule has 21 heavy (non-hydrogen) atoms. The van der Waals surface area contributed by atoms with E-state index in [9.17, 15) is 9.59 Å². The molecule has 1 saturated heterocycles. The first kappa shape index (κ1) is 15.4. The van der Waals surface area contributed by atoms with Crippen LogP contribution in [0.2, 0.25) is 0 Å². The van der Waals surface area contributed by atoms with Crippen LogP contribution in [0.3, 0.4) is 0 Å². The molecule has 1 fully saturated rings. The van der Waals surface area contributed by atoms with Gasteiger partial charge in [0.2, 0.25) is 5.91 Å². The molecule has 1 heterocycles. The fourth-order valence-electron chi connectivity index (χ4n) is 2.44. The van der Waals surface area contributed by atoms with Gasteiger partial charge in [-0.25, -0.2) is 4.79 Å². The zero-order valence-electron chi connectivity index (χ0n) is 12.3. The standard InChI is InChI=1S/C16H23N3O2/c20-15-8-4-12-19(15)13-5-10-17-16(21)18-11-9-14-6-2-1-3-7-14/h1-3,6-7H,4-5,8-13H2,(H2,17,18,21). The zero-order chi connectivity index (χ0) is 14.9. The van der Waals surface area contributed by atoms with Crippen molar-refractivity contribution in [1.29, 1.82) is 0 Å². The van der Waals surface area contributed by atoms with Gasteiger partial charge in [0.05, 0.1) is 0 Å². The van der Waals surface area contributed by atoms with Gasteiger partial charge < -0.3 is 15.5 Å². The second-order valence-electron chi connectivity index (χ2n) is 5.26. The number of amides is 3. The average molecular weight is 289 g/mol. The molecule has 1 aliphatic heterocycles. The van der Waals surface area contributed by atoms with Gasteiger partial charge in [0.15, 0.2) is 0 Å². The minimum atomic E-state index is -0.140. The highest BCUT2D eigenvalue weighted by Crippen LogP contribution is 2.09. The number of urea groups is 1. The second kappa shape index (κ2) is 8.29. The van der Waals surface area contributed by atoms with Crippen molar-refractivity contribution < 1.29 is 9.59 Å². The maximum absolute atomic E-state index is 11.6. The monoisotopic (exact) mass is 289 g/mol. The van der Waals surface area contributed by atoms with Gasteiger partial charge >= 0.3 is 6.03 Å². The molecule has 0 radical (unpaired) electrons. The Hall–Kier alpha value is -2.04. The minimum Gasteiger partial charge on any atom is -0.343 e. The minimum absolute atomic E-state index is 0.140. The molecule has 2 rings (SSSR count). The molecule has 0 aliphatic carbocycles. The van der Waals surface area contributed by atoms with Crippen LogP contribution in [-0.2, 0) is 11.2 Å². The van der Waals surface area contributed by atoms with Gasteiger partial charge in [0.25, 0.3) is 0 Å². The molecule has 0 atom stereocenters. The van der Waals surface area contributed by atoms with Crippen LogP contribution in [0.5, 0.6) is 0 Å². The van der Waals surface area contributed by atoms with Crippen molar-refractivity contribution in [2.45, 2.75) is 25.7 Å². The van der Waals surface area contributed by atoms with Crippen molar-refractivity contribution in [3.8, 4) is 0 Å². The summed E-state index contributed by atoms with van der Waals surface area (Å²) in [5.74, 6) is 0.238. The molecular weight excluding hydrogens is 266 g/mol. The summed E-state index contributed by atoms with van der Waals surface area (Å²) in [7, 11) is 0. The van der Waals surface area contributed by atoms with Gasteiger partial charge in [-0.15, -0.1) is 0 Å². The second-order valence-corrected chi connectivity index (χ2v) is 5.26. The van der Waals surface area contributed by atoms with Crippen LogP contribution in [0.1, 0.15) is 24.8 Å². The molecule has 5 heteroatoms. The Bertz CT molecular complexity index is 462. The Balaban J connectivity index is 1.50. The van der Waals surface area contributed by atoms with E-state index in [0.717, 1.165) is 32.4 Å². The molecule has 5 nitrogen and oxygen atoms in total. The van der Waals surface area contributed by atoms with Crippen molar-refractivity contribution in [2.75, 3.05) is 26.2 Å². The fraction of sp³-hybridized carbons (Fsp3) is 0.500. The predicted octanol–water partition coefficient (Wildman–Crippen LogP) is 1.54. The average Bonchev–Trinajstić information content (AvgIpc) is 2.90. The summed E-state index contributed by atoms with van der Waals surface area (Å²) < 4.78 is 0. The van der Waals surface area contributed by atoms with Crippen LogP contribution >= 0.6 is 0 Å². The highest BCUT2D eigenvalue weighted by Gasteiger charge is 2.18. The largest absolute Gasteiger partial charge is 0.343 e. The number of carbonyl (C=O) groups excluding carboxylic acids is 2. The molecule has 1 aliphatic rings. The topological polar surface area (TPSA) is 61.4 Å². The first-order chi connectivity index (χ1) is 10.3. The van der Waals surface area contributed by atoms with E-state index in [1.54, 1.807) is 0 Å².